The van der Waals surface area contributed by atoms with E-state index >= 15 is 0 Å². The van der Waals surface area contributed by atoms with Crippen LogP contribution < -0.4 is 5.32 Å². The van der Waals surface area contributed by atoms with Gasteiger partial charge in [0.15, 0.2) is 0 Å². The van der Waals surface area contributed by atoms with E-state index < -0.39 is 0 Å². The van der Waals surface area contributed by atoms with Crippen molar-refractivity contribution in [3.63, 3.8) is 0 Å². The van der Waals surface area contributed by atoms with Crippen molar-refractivity contribution in [3.05, 3.63) is 54.0 Å². The molecule has 3 nitrogen and oxygen atoms in total. The Labute approximate surface area is 143 Å². The van der Waals surface area contributed by atoms with Crippen LogP contribution in [0.2, 0.25) is 0 Å². The van der Waals surface area contributed by atoms with E-state index in [-0.39, 0.29) is 22.8 Å². The summed E-state index contributed by atoms with van der Waals surface area (Å²) in [6, 6.07) is 6.41. The Kier molecular flexibility index (Phi) is 5.37. The van der Waals surface area contributed by atoms with E-state index in [1.54, 1.807) is 18.2 Å². The van der Waals surface area contributed by atoms with Crippen LogP contribution in [0.15, 0.2) is 42.6 Å². The maximum atomic E-state index is 13.7. The van der Waals surface area contributed by atoms with Crippen LogP contribution in [-0.4, -0.2) is 16.4 Å². The van der Waals surface area contributed by atoms with Gasteiger partial charge < -0.3 is 5.32 Å². The van der Waals surface area contributed by atoms with E-state index in [1.165, 1.54) is 12.3 Å². The van der Waals surface area contributed by atoms with Gasteiger partial charge >= 0.3 is 0 Å². The monoisotopic (exact) mass is 328 g/mol. The van der Waals surface area contributed by atoms with Crippen LogP contribution in [0.4, 0.5) is 4.39 Å². The average Bonchev–Trinajstić information content (AvgIpc) is 2.44. The molecular weight excluding hydrogens is 303 g/mol. The van der Waals surface area contributed by atoms with Crippen molar-refractivity contribution in [3.8, 4) is 0 Å². The minimum Gasteiger partial charge on any atom is -0.347 e. The fraction of sp³-hybridized carbons (Fsp3) is 0.400. The zero-order valence-corrected chi connectivity index (χ0v) is 14.8. The molecule has 4 heteroatoms. The molecule has 0 radical (unpaired) electrons. The molecule has 0 saturated carbocycles. The van der Waals surface area contributed by atoms with Crippen molar-refractivity contribution in [1.82, 2.24) is 10.3 Å². The van der Waals surface area contributed by atoms with Crippen molar-refractivity contribution in [2.45, 2.75) is 46.1 Å². The number of nitrogens with one attached hydrogen (secondary N) is 1. The molecule has 1 aromatic carbocycles. The lowest BCUT2D eigenvalue weighted by Gasteiger charge is -2.33. The van der Waals surface area contributed by atoms with E-state index in [2.05, 4.69) is 30.7 Å². The van der Waals surface area contributed by atoms with Crippen molar-refractivity contribution >= 4 is 16.8 Å². The van der Waals surface area contributed by atoms with Crippen molar-refractivity contribution in [1.29, 1.82) is 0 Å². The number of benzene rings is 1. The Morgan fingerprint density at radius 2 is 2.12 bits per heavy atom. The largest absolute Gasteiger partial charge is 0.347 e. The molecular formula is C20H25FN2O. The number of carbonyl (C=O) groups excluding carboxylic acids is 1. The summed E-state index contributed by atoms with van der Waals surface area (Å²) in [4.78, 5) is 16.8. The number of para-hydroxylation sites is 1. The molecule has 1 aromatic heterocycles. The first-order valence-electron chi connectivity index (χ1n) is 8.21. The van der Waals surface area contributed by atoms with Crippen molar-refractivity contribution in [2.24, 2.45) is 5.92 Å². The molecule has 0 bridgehead atoms. The molecule has 0 aliphatic carbocycles. The highest BCUT2D eigenvalue weighted by Gasteiger charge is 2.28. The summed E-state index contributed by atoms with van der Waals surface area (Å²) in [7, 11) is 0. The zero-order valence-electron chi connectivity index (χ0n) is 14.8. The summed E-state index contributed by atoms with van der Waals surface area (Å²) >= 11 is 0. The van der Waals surface area contributed by atoms with E-state index in [1.807, 2.05) is 13.8 Å². The van der Waals surface area contributed by atoms with Gasteiger partial charge in [0.1, 0.15) is 11.3 Å². The number of fused-ring (bicyclic) bond motifs is 1. The van der Waals surface area contributed by atoms with Gasteiger partial charge in [0, 0.05) is 17.1 Å². The number of hydrogen-bond acceptors (Lipinski definition) is 2. The lowest BCUT2D eigenvalue weighted by molar-refractivity contribution is 0.0894. The maximum Gasteiger partial charge on any atom is 0.253 e. The minimum absolute atomic E-state index is 0.196. The number of halogens is 1. The Bertz CT molecular complexity index is 769. The van der Waals surface area contributed by atoms with Crippen LogP contribution in [0.25, 0.3) is 10.9 Å². The number of rotatable bonds is 6. The van der Waals surface area contributed by atoms with E-state index in [0.29, 0.717) is 23.3 Å². The van der Waals surface area contributed by atoms with Gasteiger partial charge in [-0.1, -0.05) is 31.6 Å². The minimum atomic E-state index is -0.383. The number of aromatic nitrogens is 1. The highest BCUT2D eigenvalue weighted by Crippen LogP contribution is 2.25. The number of pyridine rings is 1. The van der Waals surface area contributed by atoms with Crippen LogP contribution >= 0.6 is 0 Å². The van der Waals surface area contributed by atoms with E-state index in [0.717, 1.165) is 12.0 Å². The molecule has 0 aliphatic heterocycles. The van der Waals surface area contributed by atoms with E-state index in [4.69, 9.17) is 0 Å². The molecule has 2 aromatic rings. The second kappa shape index (κ2) is 7.12. The zero-order chi connectivity index (χ0) is 17.9. The van der Waals surface area contributed by atoms with Gasteiger partial charge in [0.25, 0.3) is 5.91 Å². The van der Waals surface area contributed by atoms with Gasteiger partial charge in [-0.2, -0.15) is 0 Å². The molecule has 2 rings (SSSR count). The average molecular weight is 328 g/mol. The van der Waals surface area contributed by atoms with Crippen LogP contribution in [-0.2, 0) is 0 Å². The fourth-order valence-corrected chi connectivity index (χ4v) is 3.33. The molecule has 0 fully saturated rings. The SMILES string of the molecule is C=C(C)CC(C)(CC(C)C)NC(=O)c1cnc2c(F)cccc2c1. The van der Waals surface area contributed by atoms with E-state index in [9.17, 15) is 9.18 Å². The molecule has 0 saturated heterocycles. The standard InChI is InChI=1S/C20H25FN2O/c1-13(2)10-20(5,11-14(3)4)23-19(24)16-9-15-7-6-8-17(21)18(15)22-12-16/h6-9,12,14H,1,10-11H2,2-5H3,(H,23,24). The van der Waals surface area contributed by atoms with Crippen molar-refractivity contribution < 1.29 is 9.18 Å². The molecule has 1 atom stereocenters. The number of amides is 1. The number of carbonyl (C=O) groups is 1. The van der Waals surface area contributed by atoms with Crippen LogP contribution in [0, 0.1) is 11.7 Å². The quantitative estimate of drug-likeness (QED) is 0.768. The Morgan fingerprint density at radius 3 is 2.75 bits per heavy atom. The summed E-state index contributed by atoms with van der Waals surface area (Å²) in [6.45, 7) is 12.2. The Morgan fingerprint density at radius 1 is 1.42 bits per heavy atom. The number of hydrogen-bond donors (Lipinski definition) is 1. The summed E-state index contributed by atoms with van der Waals surface area (Å²) in [5.74, 6) is -0.136. The van der Waals surface area contributed by atoms with Crippen molar-refractivity contribution in [2.75, 3.05) is 0 Å². The third-order valence-electron chi connectivity index (χ3n) is 3.89. The fourth-order valence-electron chi connectivity index (χ4n) is 3.33. The van der Waals surface area contributed by atoms with Crippen LogP contribution in [0.3, 0.4) is 0 Å². The van der Waals surface area contributed by atoms with Gasteiger partial charge in [-0.3, -0.25) is 9.78 Å². The second-order valence-electron chi connectivity index (χ2n) is 7.28. The highest BCUT2D eigenvalue weighted by atomic mass is 19.1. The predicted molar refractivity (Wildman–Crippen MR) is 96.5 cm³/mol. The van der Waals surface area contributed by atoms with Gasteiger partial charge in [0.2, 0.25) is 0 Å². The smallest absolute Gasteiger partial charge is 0.253 e. The Balaban J connectivity index is 2.28. The van der Waals surface area contributed by atoms with Gasteiger partial charge in [-0.25, -0.2) is 4.39 Å². The molecule has 24 heavy (non-hydrogen) atoms. The molecule has 1 amide bonds. The molecule has 128 valence electrons. The number of nitrogens with zero attached hydrogens (tertiary/aromatic N) is 1. The lowest BCUT2D eigenvalue weighted by atomic mass is 9.85. The summed E-state index contributed by atoms with van der Waals surface area (Å²) in [5, 5.41) is 3.74. The molecule has 0 spiro atoms. The topological polar surface area (TPSA) is 42.0 Å². The normalized spacial score (nSPS) is 13.8. The summed E-state index contributed by atoms with van der Waals surface area (Å²) < 4.78 is 13.7. The molecule has 1 unspecified atom stereocenters. The second-order valence-corrected chi connectivity index (χ2v) is 7.28. The molecule has 1 heterocycles. The summed E-state index contributed by atoms with van der Waals surface area (Å²) in [6.07, 6.45) is 2.99. The van der Waals surface area contributed by atoms with Gasteiger partial charge in [0.05, 0.1) is 5.56 Å². The first-order chi connectivity index (χ1) is 11.2. The first kappa shape index (κ1) is 18.1. The third kappa shape index (κ3) is 4.40. The van der Waals surface area contributed by atoms with Gasteiger partial charge in [-0.05, 0) is 44.7 Å². The van der Waals surface area contributed by atoms with Gasteiger partial charge in [-0.15, -0.1) is 6.58 Å². The Hall–Kier alpha value is -2.23. The first-order valence-corrected chi connectivity index (χ1v) is 8.21. The maximum absolute atomic E-state index is 13.7. The highest BCUT2D eigenvalue weighted by molar-refractivity contribution is 5.97. The van der Waals surface area contributed by atoms with Crippen LogP contribution in [0.1, 0.15) is 50.9 Å². The molecule has 1 N–H and O–H groups in total. The molecule has 0 aliphatic rings. The third-order valence-corrected chi connectivity index (χ3v) is 3.89. The summed E-state index contributed by atoms with van der Waals surface area (Å²) in [5.41, 5.74) is 1.37. The lowest BCUT2D eigenvalue weighted by Crippen LogP contribution is -2.47. The predicted octanol–water partition coefficient (Wildman–Crippen LogP) is 4.87. The van der Waals surface area contributed by atoms with Crippen LogP contribution in [0.5, 0.6) is 0 Å².